The van der Waals surface area contributed by atoms with E-state index in [0.717, 1.165) is 24.5 Å². The van der Waals surface area contributed by atoms with Crippen LogP contribution in [0.1, 0.15) is 37.9 Å². The van der Waals surface area contributed by atoms with Gasteiger partial charge >= 0.3 is 0 Å². The standard InChI is InChI=1S/C17H24N6O2S2/c1-12-18-17(26-22-12)16-20-14(19-13-5-3-2-4-6-13)11-15(21-16)23-7-9-27(24,25)10-8-23/h11,13H,2-10H2,1H3,(H,19,20,21). The zero-order valence-electron chi connectivity index (χ0n) is 15.4. The summed E-state index contributed by atoms with van der Waals surface area (Å²) in [6.07, 6.45) is 6.07. The van der Waals surface area contributed by atoms with Gasteiger partial charge in [-0.15, -0.1) is 0 Å². The SMILES string of the molecule is Cc1nsc(-c2nc(NC3CCCCC3)cc(N3CCS(=O)(=O)CC3)n2)n1. The summed E-state index contributed by atoms with van der Waals surface area (Å²) >= 11 is 1.28. The number of rotatable bonds is 4. The Balaban J connectivity index is 1.63. The van der Waals surface area contributed by atoms with Crippen molar-refractivity contribution in [2.24, 2.45) is 0 Å². The van der Waals surface area contributed by atoms with Crippen LogP contribution in [0.15, 0.2) is 6.07 Å². The first-order valence-corrected chi connectivity index (χ1v) is 12.0. The lowest BCUT2D eigenvalue weighted by atomic mass is 9.95. The van der Waals surface area contributed by atoms with Crippen LogP contribution in [0.4, 0.5) is 11.6 Å². The molecule has 2 fully saturated rings. The molecular weight excluding hydrogens is 384 g/mol. The van der Waals surface area contributed by atoms with E-state index in [1.807, 2.05) is 17.9 Å². The molecule has 1 aliphatic carbocycles. The second-order valence-corrected chi connectivity index (χ2v) is 10.3. The summed E-state index contributed by atoms with van der Waals surface area (Å²) in [4.78, 5) is 15.8. The Morgan fingerprint density at radius 2 is 1.85 bits per heavy atom. The van der Waals surface area contributed by atoms with Crippen LogP contribution in [0.25, 0.3) is 10.8 Å². The van der Waals surface area contributed by atoms with Crippen LogP contribution >= 0.6 is 11.5 Å². The Bertz CT molecular complexity index is 894. The fourth-order valence-electron chi connectivity index (χ4n) is 3.55. The molecule has 0 radical (unpaired) electrons. The molecule has 0 spiro atoms. The summed E-state index contributed by atoms with van der Waals surface area (Å²) < 4.78 is 27.8. The van der Waals surface area contributed by atoms with Crippen molar-refractivity contribution < 1.29 is 8.42 Å². The number of aryl methyl sites for hydroxylation is 1. The average Bonchev–Trinajstić information content (AvgIpc) is 3.09. The number of sulfone groups is 1. The van der Waals surface area contributed by atoms with Crippen LogP contribution in [0, 0.1) is 6.92 Å². The number of nitrogens with zero attached hydrogens (tertiary/aromatic N) is 5. The summed E-state index contributed by atoms with van der Waals surface area (Å²) in [6, 6.07) is 2.36. The third-order valence-corrected chi connectivity index (χ3v) is 7.47. The van der Waals surface area contributed by atoms with Gasteiger partial charge in [-0.2, -0.15) is 4.37 Å². The first-order chi connectivity index (χ1) is 13.0. The van der Waals surface area contributed by atoms with E-state index >= 15 is 0 Å². The summed E-state index contributed by atoms with van der Waals surface area (Å²) in [7, 11) is -2.94. The number of aromatic nitrogens is 4. The molecule has 10 heteroatoms. The van der Waals surface area contributed by atoms with Crippen LogP contribution < -0.4 is 10.2 Å². The number of hydrogen-bond acceptors (Lipinski definition) is 9. The van der Waals surface area contributed by atoms with Gasteiger partial charge < -0.3 is 10.2 Å². The third-order valence-electron chi connectivity index (χ3n) is 5.06. The molecule has 1 saturated heterocycles. The molecule has 3 heterocycles. The van der Waals surface area contributed by atoms with Crippen LogP contribution in [-0.2, 0) is 9.84 Å². The molecule has 4 rings (SSSR count). The lowest BCUT2D eigenvalue weighted by Crippen LogP contribution is -2.40. The second kappa shape index (κ2) is 7.67. The minimum Gasteiger partial charge on any atom is -0.367 e. The van der Waals surface area contributed by atoms with Crippen LogP contribution in [0.2, 0.25) is 0 Å². The monoisotopic (exact) mass is 408 g/mol. The molecule has 0 amide bonds. The smallest absolute Gasteiger partial charge is 0.194 e. The van der Waals surface area contributed by atoms with Crippen molar-refractivity contribution >= 4 is 33.0 Å². The molecule has 0 aromatic carbocycles. The van der Waals surface area contributed by atoms with E-state index in [-0.39, 0.29) is 11.5 Å². The van der Waals surface area contributed by atoms with Gasteiger partial charge in [-0.25, -0.2) is 23.4 Å². The van der Waals surface area contributed by atoms with Crippen molar-refractivity contribution in [2.75, 3.05) is 34.8 Å². The molecule has 2 aromatic heterocycles. The van der Waals surface area contributed by atoms with Crippen molar-refractivity contribution in [3.63, 3.8) is 0 Å². The van der Waals surface area contributed by atoms with E-state index in [1.165, 1.54) is 30.8 Å². The largest absolute Gasteiger partial charge is 0.367 e. The van der Waals surface area contributed by atoms with E-state index in [2.05, 4.69) is 24.6 Å². The van der Waals surface area contributed by atoms with Crippen molar-refractivity contribution in [1.29, 1.82) is 0 Å². The molecule has 1 N–H and O–H groups in total. The van der Waals surface area contributed by atoms with Gasteiger partial charge in [0, 0.05) is 25.2 Å². The predicted octanol–water partition coefficient (Wildman–Crippen LogP) is 2.28. The summed E-state index contributed by atoms with van der Waals surface area (Å²) in [6.45, 7) is 2.76. The molecule has 2 aliphatic rings. The van der Waals surface area contributed by atoms with E-state index < -0.39 is 9.84 Å². The van der Waals surface area contributed by atoms with Gasteiger partial charge in [0.1, 0.15) is 17.5 Å². The van der Waals surface area contributed by atoms with Crippen molar-refractivity contribution in [3.05, 3.63) is 11.9 Å². The van der Waals surface area contributed by atoms with Gasteiger partial charge in [-0.3, -0.25) is 0 Å². The first-order valence-electron chi connectivity index (χ1n) is 9.40. The predicted molar refractivity (Wildman–Crippen MR) is 107 cm³/mol. The number of hydrogen-bond donors (Lipinski definition) is 1. The third kappa shape index (κ3) is 4.55. The van der Waals surface area contributed by atoms with E-state index in [1.54, 1.807) is 0 Å². The fraction of sp³-hybridized carbons (Fsp3) is 0.647. The van der Waals surface area contributed by atoms with Crippen molar-refractivity contribution in [1.82, 2.24) is 19.3 Å². The summed E-state index contributed by atoms with van der Waals surface area (Å²) in [5, 5.41) is 4.24. The van der Waals surface area contributed by atoms with Gasteiger partial charge in [0.05, 0.1) is 11.5 Å². The Kier molecular flexibility index (Phi) is 5.27. The van der Waals surface area contributed by atoms with Crippen LogP contribution in [-0.4, -0.2) is 58.4 Å². The van der Waals surface area contributed by atoms with Gasteiger partial charge in [-0.1, -0.05) is 19.3 Å². The highest BCUT2D eigenvalue weighted by atomic mass is 32.2. The van der Waals surface area contributed by atoms with Crippen molar-refractivity contribution in [3.8, 4) is 10.8 Å². The molecule has 1 saturated carbocycles. The van der Waals surface area contributed by atoms with Gasteiger partial charge in [0.25, 0.3) is 0 Å². The average molecular weight is 409 g/mol. The minimum absolute atomic E-state index is 0.162. The lowest BCUT2D eigenvalue weighted by Gasteiger charge is -2.29. The highest BCUT2D eigenvalue weighted by Gasteiger charge is 2.24. The maximum absolute atomic E-state index is 11.8. The summed E-state index contributed by atoms with van der Waals surface area (Å²) in [5.41, 5.74) is 0. The van der Waals surface area contributed by atoms with E-state index in [9.17, 15) is 8.42 Å². The molecule has 0 bridgehead atoms. The molecular formula is C17H24N6O2S2. The summed E-state index contributed by atoms with van der Waals surface area (Å²) in [5.74, 6) is 3.11. The molecule has 146 valence electrons. The highest BCUT2D eigenvalue weighted by molar-refractivity contribution is 7.91. The van der Waals surface area contributed by atoms with Crippen molar-refractivity contribution in [2.45, 2.75) is 45.1 Å². The quantitative estimate of drug-likeness (QED) is 0.822. The maximum Gasteiger partial charge on any atom is 0.194 e. The lowest BCUT2D eigenvalue weighted by molar-refractivity contribution is 0.462. The molecule has 0 unspecified atom stereocenters. The van der Waals surface area contributed by atoms with Gasteiger partial charge in [-0.05, 0) is 31.3 Å². The normalized spacial score (nSPS) is 20.6. The van der Waals surface area contributed by atoms with E-state index in [4.69, 9.17) is 0 Å². The van der Waals surface area contributed by atoms with Gasteiger partial charge in [0.2, 0.25) is 0 Å². The van der Waals surface area contributed by atoms with E-state index in [0.29, 0.717) is 35.8 Å². The van der Waals surface area contributed by atoms with Gasteiger partial charge in [0.15, 0.2) is 20.7 Å². The Morgan fingerprint density at radius 3 is 2.52 bits per heavy atom. The topological polar surface area (TPSA) is 101 Å². The Morgan fingerprint density at radius 1 is 1.11 bits per heavy atom. The highest BCUT2D eigenvalue weighted by Crippen LogP contribution is 2.27. The number of anilines is 2. The molecule has 8 nitrogen and oxygen atoms in total. The molecule has 0 atom stereocenters. The Labute approximate surface area is 163 Å². The fourth-order valence-corrected chi connectivity index (χ4v) is 5.36. The Hall–Kier alpha value is -1.81. The second-order valence-electron chi connectivity index (χ2n) is 7.20. The molecule has 2 aromatic rings. The first kappa shape index (κ1) is 18.5. The zero-order valence-corrected chi connectivity index (χ0v) is 17.0. The molecule has 27 heavy (non-hydrogen) atoms. The van der Waals surface area contributed by atoms with Crippen LogP contribution in [0.5, 0.6) is 0 Å². The zero-order chi connectivity index (χ0) is 18.9. The minimum atomic E-state index is -2.94. The molecule has 1 aliphatic heterocycles. The van der Waals surface area contributed by atoms with Crippen LogP contribution in [0.3, 0.4) is 0 Å². The number of nitrogens with one attached hydrogen (secondary N) is 1. The maximum atomic E-state index is 11.8.